The maximum atomic E-state index is 5.87. The molecule has 1 heterocycles. The van der Waals surface area contributed by atoms with Crippen molar-refractivity contribution in [1.82, 2.24) is 4.98 Å². The Bertz CT molecular complexity index is 500. The highest BCUT2D eigenvalue weighted by Crippen LogP contribution is 2.21. The Hall–Kier alpha value is -1.60. The Morgan fingerprint density at radius 3 is 2.35 bits per heavy atom. The van der Waals surface area contributed by atoms with Crippen molar-refractivity contribution in [1.29, 1.82) is 0 Å². The molecular weight excluding hydrogens is 230 g/mol. The van der Waals surface area contributed by atoms with Crippen LogP contribution in [0.15, 0.2) is 48.8 Å². The quantitative estimate of drug-likeness (QED) is 0.762. The van der Waals surface area contributed by atoms with E-state index in [1.54, 1.807) is 0 Å². The van der Waals surface area contributed by atoms with Gasteiger partial charge in [-0.15, -0.1) is 0 Å². The first-order valence-corrected chi connectivity index (χ1v) is 6.04. The third kappa shape index (κ3) is 3.18. The zero-order valence-corrected chi connectivity index (χ0v) is 10.5. The molecule has 0 N–H and O–H groups in total. The number of aromatic nitrogens is 1. The maximum absolute atomic E-state index is 5.87. The van der Waals surface area contributed by atoms with Crippen LogP contribution in [0.2, 0.25) is 5.02 Å². The van der Waals surface area contributed by atoms with Crippen molar-refractivity contribution in [2.45, 2.75) is 13.3 Å². The zero-order valence-electron chi connectivity index (χ0n) is 9.73. The van der Waals surface area contributed by atoms with Crippen molar-refractivity contribution >= 4 is 23.3 Å². The Labute approximate surface area is 107 Å². The number of hydrogen-bond donors (Lipinski definition) is 0. The largest absolute Gasteiger partial charge is 0.265 e. The summed E-state index contributed by atoms with van der Waals surface area (Å²) in [6, 6.07) is 11.9. The van der Waals surface area contributed by atoms with Crippen molar-refractivity contribution in [2.24, 2.45) is 0 Å². The first-order chi connectivity index (χ1) is 8.29. The van der Waals surface area contributed by atoms with Gasteiger partial charge in [0.25, 0.3) is 0 Å². The zero-order chi connectivity index (χ0) is 12.1. The van der Waals surface area contributed by atoms with Crippen LogP contribution in [0, 0.1) is 0 Å². The number of nitrogens with zero attached hydrogens (tertiary/aromatic N) is 1. The minimum absolute atomic E-state index is 0.768. The van der Waals surface area contributed by atoms with Crippen LogP contribution in [0.25, 0.3) is 11.6 Å². The fourth-order valence-electron chi connectivity index (χ4n) is 1.72. The van der Waals surface area contributed by atoms with Gasteiger partial charge in [-0.3, -0.25) is 4.98 Å². The maximum Gasteiger partial charge on any atom is 0.0406 e. The van der Waals surface area contributed by atoms with Gasteiger partial charge in [-0.1, -0.05) is 36.7 Å². The highest BCUT2D eigenvalue weighted by atomic mass is 35.5. The van der Waals surface area contributed by atoms with E-state index >= 15 is 0 Å². The second-order valence-electron chi connectivity index (χ2n) is 3.81. The molecule has 0 bridgehead atoms. The van der Waals surface area contributed by atoms with E-state index in [2.05, 4.69) is 18.0 Å². The van der Waals surface area contributed by atoms with Crippen LogP contribution in [-0.2, 0) is 0 Å². The SMILES string of the molecule is CC/C(=C\c1ccc(Cl)cc1)c1ccncc1. The second kappa shape index (κ2) is 5.65. The summed E-state index contributed by atoms with van der Waals surface area (Å²) in [6.45, 7) is 2.15. The monoisotopic (exact) mass is 243 g/mol. The topological polar surface area (TPSA) is 12.9 Å². The second-order valence-corrected chi connectivity index (χ2v) is 4.25. The van der Waals surface area contributed by atoms with Crippen LogP contribution in [0.3, 0.4) is 0 Å². The molecule has 86 valence electrons. The van der Waals surface area contributed by atoms with Crippen molar-refractivity contribution in [2.75, 3.05) is 0 Å². The Kier molecular flexibility index (Phi) is 3.94. The van der Waals surface area contributed by atoms with Crippen molar-refractivity contribution in [3.05, 3.63) is 64.9 Å². The molecule has 0 aliphatic heterocycles. The van der Waals surface area contributed by atoms with Crippen molar-refractivity contribution in [3.8, 4) is 0 Å². The third-order valence-electron chi connectivity index (χ3n) is 2.64. The number of hydrogen-bond acceptors (Lipinski definition) is 1. The molecule has 0 saturated heterocycles. The van der Waals surface area contributed by atoms with Crippen molar-refractivity contribution in [3.63, 3.8) is 0 Å². The molecule has 17 heavy (non-hydrogen) atoms. The molecule has 1 nitrogen and oxygen atoms in total. The van der Waals surface area contributed by atoms with Gasteiger partial charge in [0.15, 0.2) is 0 Å². The molecule has 0 aliphatic rings. The van der Waals surface area contributed by atoms with E-state index < -0.39 is 0 Å². The predicted molar refractivity (Wildman–Crippen MR) is 73.9 cm³/mol. The third-order valence-corrected chi connectivity index (χ3v) is 2.89. The molecule has 2 aromatic rings. The molecule has 1 aromatic heterocycles. The molecule has 0 aliphatic carbocycles. The van der Waals surface area contributed by atoms with Gasteiger partial charge in [0, 0.05) is 17.4 Å². The summed E-state index contributed by atoms with van der Waals surface area (Å²) in [5.74, 6) is 0. The Morgan fingerprint density at radius 1 is 1.12 bits per heavy atom. The van der Waals surface area contributed by atoms with Gasteiger partial charge < -0.3 is 0 Å². The van der Waals surface area contributed by atoms with Crippen LogP contribution in [-0.4, -0.2) is 4.98 Å². The predicted octanol–water partition coefficient (Wildman–Crippen LogP) is 4.69. The fraction of sp³-hybridized carbons (Fsp3) is 0.133. The Balaban J connectivity index is 2.33. The van der Waals surface area contributed by atoms with Crippen molar-refractivity contribution < 1.29 is 0 Å². The lowest BCUT2D eigenvalue weighted by molar-refractivity contribution is 1.23. The molecule has 0 spiro atoms. The van der Waals surface area contributed by atoms with Crippen LogP contribution >= 0.6 is 11.6 Å². The highest BCUT2D eigenvalue weighted by molar-refractivity contribution is 6.30. The van der Waals surface area contributed by atoms with Gasteiger partial charge in [0.2, 0.25) is 0 Å². The van der Waals surface area contributed by atoms with Gasteiger partial charge in [-0.2, -0.15) is 0 Å². The molecule has 1 aromatic carbocycles. The van der Waals surface area contributed by atoms with Crippen LogP contribution in [0.4, 0.5) is 0 Å². The van der Waals surface area contributed by atoms with Crippen LogP contribution in [0.1, 0.15) is 24.5 Å². The minimum atomic E-state index is 0.768. The van der Waals surface area contributed by atoms with Gasteiger partial charge in [0.05, 0.1) is 0 Å². The van der Waals surface area contributed by atoms with E-state index in [-0.39, 0.29) is 0 Å². The van der Waals surface area contributed by atoms with Gasteiger partial charge in [-0.05, 0) is 47.4 Å². The van der Waals surface area contributed by atoms with Gasteiger partial charge in [0.1, 0.15) is 0 Å². The summed E-state index contributed by atoms with van der Waals surface area (Å²) in [5.41, 5.74) is 3.69. The van der Waals surface area contributed by atoms with Gasteiger partial charge in [-0.25, -0.2) is 0 Å². The molecule has 0 unspecified atom stereocenters. The number of allylic oxidation sites excluding steroid dienone is 1. The van der Waals surface area contributed by atoms with Crippen LogP contribution < -0.4 is 0 Å². The first-order valence-electron chi connectivity index (χ1n) is 5.66. The summed E-state index contributed by atoms with van der Waals surface area (Å²) < 4.78 is 0. The molecule has 0 amide bonds. The summed E-state index contributed by atoms with van der Waals surface area (Å²) in [4.78, 5) is 4.04. The fourth-order valence-corrected chi connectivity index (χ4v) is 1.84. The van der Waals surface area contributed by atoms with E-state index in [4.69, 9.17) is 11.6 Å². The lowest BCUT2D eigenvalue weighted by Crippen LogP contribution is -1.83. The first kappa shape index (κ1) is 11.9. The molecule has 2 rings (SSSR count). The molecule has 0 fully saturated rings. The summed E-state index contributed by atoms with van der Waals surface area (Å²) in [6.07, 6.45) is 6.82. The van der Waals surface area contributed by atoms with E-state index in [1.165, 1.54) is 16.7 Å². The minimum Gasteiger partial charge on any atom is -0.265 e. The van der Waals surface area contributed by atoms with Gasteiger partial charge >= 0.3 is 0 Å². The van der Waals surface area contributed by atoms with E-state index in [0.717, 1.165) is 11.4 Å². The number of pyridine rings is 1. The standard InChI is InChI=1S/C15H14ClN/c1-2-13(14-7-9-17-10-8-14)11-12-3-5-15(16)6-4-12/h3-11H,2H2,1H3/b13-11+. The Morgan fingerprint density at radius 2 is 1.76 bits per heavy atom. The van der Waals surface area contributed by atoms with Crippen LogP contribution in [0.5, 0.6) is 0 Å². The molecular formula is C15H14ClN. The molecule has 0 radical (unpaired) electrons. The number of benzene rings is 1. The summed E-state index contributed by atoms with van der Waals surface area (Å²) in [7, 11) is 0. The number of rotatable bonds is 3. The molecule has 0 saturated carbocycles. The van der Waals surface area contributed by atoms with E-state index in [1.807, 2.05) is 48.8 Å². The van der Waals surface area contributed by atoms with E-state index in [9.17, 15) is 0 Å². The average Bonchev–Trinajstić information content (AvgIpc) is 2.39. The highest BCUT2D eigenvalue weighted by Gasteiger charge is 1.99. The lowest BCUT2D eigenvalue weighted by Gasteiger charge is -2.04. The lowest BCUT2D eigenvalue weighted by atomic mass is 10.0. The average molecular weight is 244 g/mol. The normalized spacial score (nSPS) is 11.5. The number of halogens is 1. The molecule has 0 atom stereocenters. The molecule has 2 heteroatoms. The smallest absolute Gasteiger partial charge is 0.0406 e. The summed E-state index contributed by atoms with van der Waals surface area (Å²) in [5, 5.41) is 0.768. The summed E-state index contributed by atoms with van der Waals surface area (Å²) >= 11 is 5.87. The van der Waals surface area contributed by atoms with E-state index in [0.29, 0.717) is 0 Å².